The molecule has 14 nitrogen and oxygen atoms in total. The van der Waals surface area contributed by atoms with Crippen LogP contribution in [0, 0.1) is 20.2 Å². The number of alkyl halides is 2. The van der Waals surface area contributed by atoms with Crippen molar-refractivity contribution in [1.29, 1.82) is 0 Å². The number of nitro groups is 2. The predicted molar refractivity (Wildman–Crippen MR) is 201 cm³/mol. The van der Waals surface area contributed by atoms with Crippen LogP contribution in [-0.2, 0) is 4.74 Å². The molecular formula is C34H32Cl4F2N4O10. The van der Waals surface area contributed by atoms with Crippen molar-refractivity contribution in [1.82, 2.24) is 0 Å². The van der Waals surface area contributed by atoms with E-state index in [2.05, 4.69) is 10.6 Å². The molecule has 4 aromatic carbocycles. The predicted octanol–water partition coefficient (Wildman–Crippen LogP) is 9.11. The lowest BCUT2D eigenvalue weighted by Gasteiger charge is -2.12. The molecule has 1 heterocycles. The first-order chi connectivity index (χ1) is 25.7. The van der Waals surface area contributed by atoms with Crippen LogP contribution in [0.15, 0.2) is 72.8 Å². The molecule has 5 rings (SSSR count). The third-order valence-electron chi connectivity index (χ3n) is 6.46. The van der Waals surface area contributed by atoms with Crippen LogP contribution in [0.2, 0.25) is 20.1 Å². The molecule has 1 saturated heterocycles. The third-order valence-corrected chi connectivity index (χ3v) is 7.56. The zero-order valence-electron chi connectivity index (χ0n) is 27.9. The normalized spacial score (nSPS) is 11.3. The first kappa shape index (κ1) is 45.3. The average molecular weight is 836 g/mol. The van der Waals surface area contributed by atoms with Crippen molar-refractivity contribution in [3.8, 4) is 11.5 Å². The molecule has 0 spiro atoms. The summed E-state index contributed by atoms with van der Waals surface area (Å²) >= 11 is 23.4. The van der Waals surface area contributed by atoms with Gasteiger partial charge in [-0.15, -0.1) is 0 Å². The minimum absolute atomic E-state index is 0.00537. The largest absolute Gasteiger partial charge is 0.507 e. The Hall–Kier alpha value is -4.84. The van der Waals surface area contributed by atoms with Gasteiger partial charge in [0.25, 0.3) is 23.2 Å². The summed E-state index contributed by atoms with van der Waals surface area (Å²) in [6.07, 6.45) is 2.56. The Kier molecular flexibility index (Phi) is 19.9. The van der Waals surface area contributed by atoms with E-state index < -0.39 is 35.0 Å². The van der Waals surface area contributed by atoms with Crippen molar-refractivity contribution in [2.24, 2.45) is 0 Å². The minimum Gasteiger partial charge on any atom is -0.507 e. The summed E-state index contributed by atoms with van der Waals surface area (Å²) in [4.78, 5) is 44.5. The highest BCUT2D eigenvalue weighted by molar-refractivity contribution is 6.35. The standard InChI is InChI=1S/C15H11Cl2FN2O4.C13H8Cl2N2O4.C4H8O.C2H5FO/c16-9-1-4-14(24-6-5-18)11(7-9)15(21)19-13-3-2-10(20(22)23)8-12(13)17;14-7-1-4-12(18)9(5-7)13(19)16-11-3-2-8(17(20)21)6-10(11)15;1-2-4-5-3-1;3-1-2-4/h1-4,7-8H,5-6H2,(H,19,21);1-6,18H,(H,16,19);1-4H2;4H,1-2H2. The van der Waals surface area contributed by atoms with E-state index in [-0.39, 0.29) is 73.7 Å². The second kappa shape index (κ2) is 23.7. The van der Waals surface area contributed by atoms with Crippen LogP contribution in [0.25, 0.3) is 0 Å². The van der Waals surface area contributed by atoms with E-state index >= 15 is 0 Å². The van der Waals surface area contributed by atoms with Gasteiger partial charge in [-0.1, -0.05) is 46.4 Å². The first-order valence-electron chi connectivity index (χ1n) is 15.4. The Labute approximate surface area is 326 Å². The molecule has 4 N–H and O–H groups in total. The summed E-state index contributed by atoms with van der Waals surface area (Å²) in [7, 11) is 0. The number of ether oxygens (including phenoxy) is 2. The fourth-order valence-electron chi connectivity index (χ4n) is 3.97. The van der Waals surface area contributed by atoms with E-state index in [0.29, 0.717) is 5.02 Å². The summed E-state index contributed by atoms with van der Waals surface area (Å²) in [5.41, 5.74) is 0.0361. The molecule has 0 bridgehead atoms. The van der Waals surface area contributed by atoms with Crippen LogP contribution in [0.5, 0.6) is 11.5 Å². The molecule has 54 heavy (non-hydrogen) atoms. The van der Waals surface area contributed by atoms with Crippen molar-refractivity contribution < 1.29 is 47.9 Å². The third kappa shape index (κ3) is 15.3. The second-order valence-electron chi connectivity index (χ2n) is 10.3. The van der Waals surface area contributed by atoms with Gasteiger partial charge in [0, 0.05) is 47.5 Å². The van der Waals surface area contributed by atoms with E-state index in [1.807, 2.05) is 0 Å². The van der Waals surface area contributed by atoms with Gasteiger partial charge in [0.1, 0.15) is 31.5 Å². The fourth-order valence-corrected chi connectivity index (χ4v) is 4.76. The SMILES string of the molecule is C1CCOC1.O=C(Nc1ccc([N+](=O)[O-])cc1Cl)c1cc(Cl)ccc1O.O=C(Nc1ccc([N+](=O)[O-])cc1Cl)c1cc(Cl)ccc1OCCF.OCCF. The Morgan fingerprint density at radius 2 is 1.20 bits per heavy atom. The lowest BCUT2D eigenvalue weighted by Crippen LogP contribution is -2.14. The van der Waals surface area contributed by atoms with Gasteiger partial charge in [-0.05, 0) is 61.4 Å². The number of benzene rings is 4. The number of aliphatic hydroxyl groups excluding tert-OH is 1. The van der Waals surface area contributed by atoms with Crippen molar-refractivity contribution in [2.45, 2.75) is 12.8 Å². The number of phenols is 1. The molecule has 20 heteroatoms. The number of nitrogens with one attached hydrogen (secondary N) is 2. The summed E-state index contributed by atoms with van der Waals surface area (Å²) in [5.74, 6) is -1.31. The maximum atomic E-state index is 12.4. The molecule has 1 aliphatic rings. The molecule has 2 amide bonds. The number of carbonyl (C=O) groups is 2. The van der Waals surface area contributed by atoms with E-state index in [1.54, 1.807) is 0 Å². The number of carbonyl (C=O) groups excluding carboxylic acids is 2. The highest BCUT2D eigenvalue weighted by Crippen LogP contribution is 2.30. The fraction of sp³-hybridized carbons (Fsp3) is 0.235. The molecule has 0 radical (unpaired) electrons. The molecule has 290 valence electrons. The van der Waals surface area contributed by atoms with Gasteiger partial charge in [-0.25, -0.2) is 8.78 Å². The van der Waals surface area contributed by atoms with Crippen LogP contribution in [-0.4, -0.2) is 71.7 Å². The van der Waals surface area contributed by atoms with Crippen LogP contribution in [0.4, 0.5) is 31.5 Å². The number of nitrogens with zero attached hydrogens (tertiary/aromatic N) is 2. The monoisotopic (exact) mass is 834 g/mol. The summed E-state index contributed by atoms with van der Waals surface area (Å²) in [5, 5.41) is 44.0. The van der Waals surface area contributed by atoms with E-state index in [0.717, 1.165) is 25.3 Å². The highest BCUT2D eigenvalue weighted by Gasteiger charge is 2.18. The molecule has 0 aliphatic carbocycles. The van der Waals surface area contributed by atoms with Crippen molar-refractivity contribution in [3.63, 3.8) is 0 Å². The van der Waals surface area contributed by atoms with Gasteiger partial charge in [-0.2, -0.15) is 0 Å². The van der Waals surface area contributed by atoms with Crippen LogP contribution in [0.1, 0.15) is 33.6 Å². The summed E-state index contributed by atoms with van der Waals surface area (Å²) in [6, 6.07) is 15.6. The number of hydrogen-bond donors (Lipinski definition) is 4. The number of halogens is 6. The number of aliphatic hydroxyl groups is 1. The van der Waals surface area contributed by atoms with E-state index in [9.17, 15) is 43.7 Å². The van der Waals surface area contributed by atoms with Gasteiger partial charge in [0.15, 0.2) is 0 Å². The maximum Gasteiger partial charge on any atom is 0.271 e. The van der Waals surface area contributed by atoms with Crippen LogP contribution >= 0.6 is 46.4 Å². The van der Waals surface area contributed by atoms with Crippen molar-refractivity contribution >= 4 is 81.0 Å². The minimum atomic E-state index is -0.710. The number of amides is 2. The van der Waals surface area contributed by atoms with Crippen molar-refractivity contribution in [3.05, 3.63) is 124 Å². The Morgan fingerprint density at radius 1 is 0.741 bits per heavy atom. The average Bonchev–Trinajstić information content (AvgIpc) is 3.74. The molecular weight excluding hydrogens is 804 g/mol. The summed E-state index contributed by atoms with van der Waals surface area (Å²) < 4.78 is 32.9. The number of hydrogen-bond acceptors (Lipinski definition) is 10. The van der Waals surface area contributed by atoms with E-state index in [4.69, 9.17) is 61.0 Å². The van der Waals surface area contributed by atoms with Crippen molar-refractivity contribution in [2.75, 3.05) is 50.4 Å². The molecule has 0 unspecified atom stereocenters. The number of nitro benzene ring substituents is 2. The van der Waals surface area contributed by atoms with Gasteiger partial charge in [-0.3, -0.25) is 29.8 Å². The zero-order valence-corrected chi connectivity index (χ0v) is 30.9. The maximum absolute atomic E-state index is 12.4. The Balaban J connectivity index is 0.000000305. The first-order valence-corrected chi connectivity index (χ1v) is 17.0. The van der Waals surface area contributed by atoms with Crippen LogP contribution < -0.4 is 15.4 Å². The molecule has 1 fully saturated rings. The second-order valence-corrected chi connectivity index (χ2v) is 12.0. The lowest BCUT2D eigenvalue weighted by atomic mass is 10.1. The van der Waals surface area contributed by atoms with Gasteiger partial charge < -0.3 is 30.3 Å². The number of phenolic OH excluding ortho intramolecular Hbond substituents is 1. The van der Waals surface area contributed by atoms with Gasteiger partial charge >= 0.3 is 0 Å². The lowest BCUT2D eigenvalue weighted by molar-refractivity contribution is -0.385. The number of aromatic hydroxyl groups is 1. The molecule has 4 aromatic rings. The number of non-ortho nitro benzene ring substituents is 2. The molecule has 0 aromatic heterocycles. The van der Waals surface area contributed by atoms with Gasteiger partial charge in [0.2, 0.25) is 0 Å². The Morgan fingerprint density at radius 3 is 1.61 bits per heavy atom. The smallest absolute Gasteiger partial charge is 0.271 e. The highest BCUT2D eigenvalue weighted by atomic mass is 35.5. The number of rotatable bonds is 10. The molecule has 1 aliphatic heterocycles. The molecule has 0 atom stereocenters. The summed E-state index contributed by atoms with van der Waals surface area (Å²) in [6.45, 7) is 0.109. The van der Waals surface area contributed by atoms with Gasteiger partial charge in [0.05, 0.1) is 49.0 Å². The number of anilines is 2. The zero-order chi connectivity index (χ0) is 40.2. The Bertz CT molecular complexity index is 1900. The quantitative estimate of drug-likeness (QED) is 0.0881. The van der Waals surface area contributed by atoms with Crippen LogP contribution in [0.3, 0.4) is 0 Å². The van der Waals surface area contributed by atoms with E-state index in [1.165, 1.54) is 73.5 Å². The molecule has 0 saturated carbocycles. The topological polar surface area (TPSA) is 203 Å².